The predicted octanol–water partition coefficient (Wildman–Crippen LogP) is 3.24. The number of rotatable bonds is 8. The largest absolute Gasteiger partial charge is 0.490 e. The molecular weight excluding hydrogens is 499 g/mol. The zero-order valence-electron chi connectivity index (χ0n) is 18.3. The van der Waals surface area contributed by atoms with Gasteiger partial charge in [-0.2, -0.15) is 5.26 Å². The molecule has 13 heteroatoms. The van der Waals surface area contributed by atoms with Crippen LogP contribution in [0.3, 0.4) is 0 Å². The summed E-state index contributed by atoms with van der Waals surface area (Å²) in [6, 6.07) is 11.0. The molecule has 1 N–H and O–H groups in total. The lowest BCUT2D eigenvalue weighted by Gasteiger charge is -2.11. The molecule has 180 valence electrons. The smallest absolute Gasteiger partial charge is 0.343 e. The van der Waals surface area contributed by atoms with E-state index in [0.717, 1.165) is 18.4 Å². The zero-order chi connectivity index (χ0) is 25.6. The molecule has 3 rings (SSSR count). The number of hydrogen-bond donors (Lipinski definition) is 1. The van der Waals surface area contributed by atoms with Crippen LogP contribution in [0.4, 0.5) is 9.52 Å². The molecule has 1 heterocycles. The van der Waals surface area contributed by atoms with Gasteiger partial charge in [-0.3, -0.25) is 10.1 Å². The lowest BCUT2D eigenvalue weighted by molar-refractivity contribution is -0.112. The number of benzene rings is 2. The number of carbonyl (C=O) groups is 2. The number of sulfone groups is 1. The van der Waals surface area contributed by atoms with Crippen molar-refractivity contribution in [1.29, 1.82) is 5.26 Å². The number of hydrogen-bond acceptors (Lipinski definition) is 10. The van der Waals surface area contributed by atoms with E-state index in [4.69, 9.17) is 9.47 Å². The van der Waals surface area contributed by atoms with Gasteiger partial charge in [0.25, 0.3) is 5.91 Å². The van der Waals surface area contributed by atoms with Crippen molar-refractivity contribution in [2.75, 3.05) is 18.2 Å². The van der Waals surface area contributed by atoms with E-state index in [2.05, 4.69) is 15.5 Å². The molecule has 0 bridgehead atoms. The number of nitrogens with zero attached hydrogens (tertiary/aromatic N) is 3. The lowest BCUT2D eigenvalue weighted by Crippen LogP contribution is -2.13. The van der Waals surface area contributed by atoms with Gasteiger partial charge in [-0.1, -0.05) is 17.4 Å². The fourth-order valence-corrected chi connectivity index (χ4v) is 4.11. The van der Waals surface area contributed by atoms with Gasteiger partial charge >= 0.3 is 5.97 Å². The Hall–Kier alpha value is -4.15. The second-order valence-corrected chi connectivity index (χ2v) is 9.97. The minimum absolute atomic E-state index is 0.0865. The van der Waals surface area contributed by atoms with Crippen LogP contribution in [-0.2, 0) is 14.6 Å². The van der Waals surface area contributed by atoms with Crippen LogP contribution in [0.15, 0.2) is 52.4 Å². The maximum atomic E-state index is 13.1. The predicted molar refractivity (Wildman–Crippen MR) is 124 cm³/mol. The summed E-state index contributed by atoms with van der Waals surface area (Å²) in [7, 11) is -3.59. The van der Waals surface area contributed by atoms with E-state index in [-0.39, 0.29) is 38.7 Å². The Labute approximate surface area is 203 Å². The van der Waals surface area contributed by atoms with Crippen molar-refractivity contribution in [2.24, 2.45) is 0 Å². The monoisotopic (exact) mass is 516 g/mol. The molecule has 0 unspecified atom stereocenters. The van der Waals surface area contributed by atoms with Crippen LogP contribution in [0.25, 0.3) is 6.08 Å². The van der Waals surface area contributed by atoms with Gasteiger partial charge in [0, 0.05) is 6.26 Å². The number of nitriles is 1. The highest BCUT2D eigenvalue weighted by Crippen LogP contribution is 2.30. The molecule has 0 saturated carbocycles. The molecule has 0 aliphatic rings. The van der Waals surface area contributed by atoms with Crippen LogP contribution in [0.2, 0.25) is 0 Å². The fraction of sp³-hybridized carbons (Fsp3) is 0.136. The molecular formula is C22H17FN4O6S2. The molecule has 0 aliphatic carbocycles. The Balaban J connectivity index is 1.81. The van der Waals surface area contributed by atoms with Gasteiger partial charge in [0.2, 0.25) is 19.3 Å². The Morgan fingerprint density at radius 2 is 1.89 bits per heavy atom. The van der Waals surface area contributed by atoms with Gasteiger partial charge < -0.3 is 9.47 Å². The summed E-state index contributed by atoms with van der Waals surface area (Å²) >= 11 is 0.650. The summed E-state index contributed by atoms with van der Waals surface area (Å²) in [4.78, 5) is 24.8. The number of esters is 1. The number of aromatic nitrogens is 2. The Morgan fingerprint density at radius 1 is 1.17 bits per heavy atom. The van der Waals surface area contributed by atoms with Crippen molar-refractivity contribution >= 4 is 44.3 Å². The van der Waals surface area contributed by atoms with Crippen LogP contribution < -0.4 is 14.8 Å². The third kappa shape index (κ3) is 6.69. The quantitative estimate of drug-likeness (QED) is 0.157. The van der Waals surface area contributed by atoms with E-state index in [0.29, 0.717) is 16.9 Å². The molecule has 0 spiro atoms. The average molecular weight is 517 g/mol. The summed E-state index contributed by atoms with van der Waals surface area (Å²) in [6.07, 6.45) is 2.22. The summed E-state index contributed by atoms with van der Waals surface area (Å²) in [5, 5.41) is 18.7. The van der Waals surface area contributed by atoms with Crippen LogP contribution in [0.5, 0.6) is 11.5 Å². The standard InChI is InChI=1S/C22H17FN4O6S2/c1-3-32-18-11-13(4-9-17(18)33-20(29)14-5-7-16(23)8-6-14)10-15(12-24)19(28)25-21-26-27-22(34-21)35(2,30)31/h4-11H,3H2,1-2H3,(H,25,26,28)/b15-10-. The van der Waals surface area contributed by atoms with Crippen LogP contribution in [0.1, 0.15) is 22.8 Å². The summed E-state index contributed by atoms with van der Waals surface area (Å²) in [6.45, 7) is 1.95. The van der Waals surface area contributed by atoms with Crippen LogP contribution >= 0.6 is 11.3 Å². The molecule has 1 amide bonds. The molecule has 3 aromatic rings. The van der Waals surface area contributed by atoms with Gasteiger partial charge in [0.15, 0.2) is 11.5 Å². The number of halogens is 1. The van der Waals surface area contributed by atoms with Crippen LogP contribution in [-0.4, -0.2) is 43.4 Å². The van der Waals surface area contributed by atoms with Gasteiger partial charge in [-0.15, -0.1) is 10.2 Å². The topological polar surface area (TPSA) is 148 Å². The van der Waals surface area contributed by atoms with E-state index < -0.39 is 27.5 Å². The van der Waals surface area contributed by atoms with E-state index in [1.54, 1.807) is 13.0 Å². The number of anilines is 1. The molecule has 2 aromatic carbocycles. The lowest BCUT2D eigenvalue weighted by atomic mass is 10.1. The van der Waals surface area contributed by atoms with Crippen molar-refractivity contribution in [3.63, 3.8) is 0 Å². The number of nitrogens with one attached hydrogen (secondary N) is 1. The van der Waals surface area contributed by atoms with Gasteiger partial charge in [-0.25, -0.2) is 17.6 Å². The first-order chi connectivity index (χ1) is 16.6. The van der Waals surface area contributed by atoms with Gasteiger partial charge in [0.05, 0.1) is 12.2 Å². The van der Waals surface area contributed by atoms with E-state index in [1.807, 2.05) is 0 Å². The highest BCUT2D eigenvalue weighted by molar-refractivity contribution is 7.92. The van der Waals surface area contributed by atoms with E-state index in [1.165, 1.54) is 36.4 Å². The minimum atomic E-state index is -3.59. The second kappa shape index (κ2) is 10.9. The van der Waals surface area contributed by atoms with Crippen molar-refractivity contribution in [1.82, 2.24) is 10.2 Å². The first-order valence-electron chi connectivity index (χ1n) is 9.82. The Morgan fingerprint density at radius 3 is 2.49 bits per heavy atom. The van der Waals surface area contributed by atoms with Crippen molar-refractivity contribution in [3.8, 4) is 17.6 Å². The van der Waals surface area contributed by atoms with Crippen molar-refractivity contribution < 1.29 is 31.9 Å². The Bertz CT molecular complexity index is 1440. The highest BCUT2D eigenvalue weighted by Gasteiger charge is 2.18. The zero-order valence-corrected chi connectivity index (χ0v) is 19.9. The SMILES string of the molecule is CCOc1cc(/C=C(/C#N)C(=O)Nc2nnc(S(C)(=O)=O)s2)ccc1OC(=O)c1ccc(F)cc1. The molecule has 10 nitrogen and oxygen atoms in total. The van der Waals surface area contributed by atoms with Gasteiger partial charge in [-0.05, 0) is 55.0 Å². The molecule has 0 saturated heterocycles. The molecule has 35 heavy (non-hydrogen) atoms. The normalized spacial score (nSPS) is 11.4. The number of amides is 1. The summed E-state index contributed by atoms with van der Waals surface area (Å²) < 4.78 is 46.7. The number of ether oxygens (including phenoxy) is 2. The highest BCUT2D eigenvalue weighted by atomic mass is 32.2. The fourth-order valence-electron chi connectivity index (χ4n) is 2.60. The summed E-state index contributed by atoms with van der Waals surface area (Å²) in [5.74, 6) is -1.78. The second-order valence-electron chi connectivity index (χ2n) is 6.80. The number of carbonyl (C=O) groups excluding carboxylic acids is 2. The molecule has 0 radical (unpaired) electrons. The average Bonchev–Trinajstić information content (AvgIpc) is 3.28. The third-order valence-corrected chi connectivity index (χ3v) is 6.68. The van der Waals surface area contributed by atoms with Gasteiger partial charge in [0.1, 0.15) is 17.5 Å². The van der Waals surface area contributed by atoms with E-state index >= 15 is 0 Å². The van der Waals surface area contributed by atoms with Crippen molar-refractivity contribution in [2.45, 2.75) is 11.3 Å². The Kier molecular flexibility index (Phi) is 7.90. The molecule has 0 atom stereocenters. The minimum Gasteiger partial charge on any atom is -0.490 e. The van der Waals surface area contributed by atoms with Crippen LogP contribution in [0, 0.1) is 17.1 Å². The van der Waals surface area contributed by atoms with E-state index in [9.17, 15) is 27.7 Å². The maximum Gasteiger partial charge on any atom is 0.343 e. The maximum absolute atomic E-state index is 13.1. The molecule has 0 fully saturated rings. The first-order valence-corrected chi connectivity index (χ1v) is 12.5. The molecule has 1 aromatic heterocycles. The van der Waals surface area contributed by atoms with Crippen molar-refractivity contribution in [3.05, 3.63) is 65.0 Å². The summed E-state index contributed by atoms with van der Waals surface area (Å²) in [5.41, 5.74) is 0.215. The molecule has 0 aliphatic heterocycles. The third-order valence-electron chi connectivity index (χ3n) is 4.17. The first kappa shape index (κ1) is 25.5.